The van der Waals surface area contributed by atoms with Gasteiger partial charge in [0.25, 0.3) is 0 Å². The lowest BCUT2D eigenvalue weighted by molar-refractivity contribution is -0.134. The van der Waals surface area contributed by atoms with Crippen LogP contribution < -0.4 is 5.32 Å². The number of rotatable bonds is 4. The second-order valence-electron chi connectivity index (χ2n) is 7.31. The highest BCUT2D eigenvalue weighted by molar-refractivity contribution is 5.89. The van der Waals surface area contributed by atoms with Gasteiger partial charge >= 0.3 is 0 Å². The Hall–Kier alpha value is -1.06. The fraction of sp³-hybridized carbons (Fsp3) is 0.882. The molecule has 2 rings (SSSR count). The molecular weight excluding hydrogens is 264 g/mol. The van der Waals surface area contributed by atoms with E-state index in [0.717, 1.165) is 13.0 Å². The first kappa shape index (κ1) is 16.3. The van der Waals surface area contributed by atoms with Gasteiger partial charge < -0.3 is 10.2 Å². The third-order valence-corrected chi connectivity index (χ3v) is 5.00. The van der Waals surface area contributed by atoms with E-state index in [1.54, 1.807) is 0 Å². The predicted octanol–water partition coefficient (Wildman–Crippen LogP) is 2.58. The molecule has 2 fully saturated rings. The van der Waals surface area contributed by atoms with Gasteiger partial charge in [0.1, 0.15) is 6.04 Å². The van der Waals surface area contributed by atoms with E-state index in [-0.39, 0.29) is 17.9 Å². The Kier molecular flexibility index (Phi) is 5.65. The van der Waals surface area contributed by atoms with Gasteiger partial charge in [-0.05, 0) is 30.6 Å². The van der Waals surface area contributed by atoms with Crippen molar-refractivity contribution in [2.24, 2.45) is 17.8 Å². The molecule has 21 heavy (non-hydrogen) atoms. The van der Waals surface area contributed by atoms with Crippen molar-refractivity contribution in [3.05, 3.63) is 0 Å². The zero-order chi connectivity index (χ0) is 15.4. The Balaban J connectivity index is 2.02. The zero-order valence-corrected chi connectivity index (χ0v) is 13.7. The van der Waals surface area contributed by atoms with Crippen LogP contribution in [0.2, 0.25) is 0 Å². The molecule has 3 atom stereocenters. The van der Waals surface area contributed by atoms with E-state index in [0.29, 0.717) is 30.7 Å². The third-order valence-electron chi connectivity index (χ3n) is 5.00. The third kappa shape index (κ3) is 4.45. The van der Waals surface area contributed by atoms with Crippen LogP contribution in [0.25, 0.3) is 0 Å². The molecule has 3 unspecified atom stereocenters. The topological polar surface area (TPSA) is 49.4 Å². The number of nitrogens with zero attached hydrogens (tertiary/aromatic N) is 1. The highest BCUT2D eigenvalue weighted by Gasteiger charge is 2.32. The second kappa shape index (κ2) is 7.28. The fourth-order valence-electron chi connectivity index (χ4n) is 3.66. The Morgan fingerprint density at radius 1 is 1.24 bits per heavy atom. The van der Waals surface area contributed by atoms with Crippen LogP contribution in [-0.2, 0) is 9.59 Å². The molecule has 1 saturated carbocycles. The summed E-state index contributed by atoms with van der Waals surface area (Å²) in [6, 6.07) is -0.320. The van der Waals surface area contributed by atoms with Crippen LogP contribution in [0, 0.1) is 17.8 Å². The first-order valence-electron chi connectivity index (χ1n) is 8.55. The number of nitrogens with one attached hydrogen (secondary N) is 1. The number of hydrogen-bond donors (Lipinski definition) is 1. The van der Waals surface area contributed by atoms with Gasteiger partial charge in [-0.1, -0.05) is 40.0 Å². The molecule has 0 aromatic heterocycles. The molecule has 1 N–H and O–H groups in total. The van der Waals surface area contributed by atoms with Crippen LogP contribution in [0.4, 0.5) is 0 Å². The highest BCUT2D eigenvalue weighted by Crippen LogP contribution is 2.30. The van der Waals surface area contributed by atoms with Gasteiger partial charge in [0, 0.05) is 19.5 Å². The zero-order valence-electron chi connectivity index (χ0n) is 13.7. The Bertz CT molecular complexity index is 381. The molecule has 1 heterocycles. The Labute approximate surface area is 128 Å². The van der Waals surface area contributed by atoms with E-state index in [1.165, 1.54) is 25.7 Å². The molecule has 0 aromatic rings. The maximum absolute atomic E-state index is 12.7. The summed E-state index contributed by atoms with van der Waals surface area (Å²) in [5.41, 5.74) is 0. The maximum Gasteiger partial charge on any atom is 0.245 e. The summed E-state index contributed by atoms with van der Waals surface area (Å²) < 4.78 is 0. The van der Waals surface area contributed by atoms with Crippen LogP contribution in [0.5, 0.6) is 0 Å². The lowest BCUT2D eigenvalue weighted by Crippen LogP contribution is -2.47. The largest absolute Gasteiger partial charge is 0.344 e. The average molecular weight is 294 g/mol. The summed E-state index contributed by atoms with van der Waals surface area (Å²) in [7, 11) is 0. The van der Waals surface area contributed by atoms with E-state index < -0.39 is 0 Å². The van der Waals surface area contributed by atoms with Gasteiger partial charge in [-0.15, -0.1) is 0 Å². The van der Waals surface area contributed by atoms with E-state index in [2.05, 4.69) is 26.1 Å². The lowest BCUT2D eigenvalue weighted by atomic mass is 9.80. The molecule has 0 bridgehead atoms. The second-order valence-corrected chi connectivity index (χ2v) is 7.31. The van der Waals surface area contributed by atoms with E-state index >= 15 is 0 Å². The molecule has 2 aliphatic rings. The monoisotopic (exact) mass is 294 g/mol. The van der Waals surface area contributed by atoms with Crippen molar-refractivity contribution in [1.29, 1.82) is 0 Å². The minimum Gasteiger partial charge on any atom is -0.344 e. The van der Waals surface area contributed by atoms with Crippen molar-refractivity contribution < 1.29 is 9.59 Å². The number of carbonyl (C=O) groups excluding carboxylic acids is 2. The molecule has 0 spiro atoms. The van der Waals surface area contributed by atoms with Crippen LogP contribution >= 0.6 is 0 Å². The molecule has 2 amide bonds. The summed E-state index contributed by atoms with van der Waals surface area (Å²) in [6.45, 7) is 7.92. The molecular formula is C17H30N2O2. The summed E-state index contributed by atoms with van der Waals surface area (Å²) in [4.78, 5) is 26.5. The fourth-order valence-corrected chi connectivity index (χ4v) is 3.66. The van der Waals surface area contributed by atoms with Gasteiger partial charge in [-0.2, -0.15) is 0 Å². The van der Waals surface area contributed by atoms with Crippen molar-refractivity contribution in [2.45, 2.75) is 65.3 Å². The Morgan fingerprint density at radius 3 is 2.62 bits per heavy atom. The summed E-state index contributed by atoms with van der Waals surface area (Å²) in [6.07, 6.45) is 6.29. The van der Waals surface area contributed by atoms with Gasteiger partial charge in [0.2, 0.25) is 11.8 Å². The average Bonchev–Trinajstić information content (AvgIpc) is 2.54. The first-order valence-corrected chi connectivity index (χ1v) is 8.55. The first-order chi connectivity index (χ1) is 9.97. The number of amides is 2. The smallest absolute Gasteiger partial charge is 0.245 e. The van der Waals surface area contributed by atoms with Crippen molar-refractivity contribution in [3.63, 3.8) is 0 Å². The molecule has 4 nitrogen and oxygen atoms in total. The molecule has 1 saturated heterocycles. The normalized spacial score (nSPS) is 31.2. The van der Waals surface area contributed by atoms with Crippen LogP contribution in [0.1, 0.15) is 59.3 Å². The van der Waals surface area contributed by atoms with Crippen LogP contribution in [0.3, 0.4) is 0 Å². The maximum atomic E-state index is 12.7. The summed E-state index contributed by atoms with van der Waals surface area (Å²) in [5.74, 6) is 1.87. The SMILES string of the molecule is CC(C)CC1NC(=O)CCN(CC2CCCCC2C)C1=O. The minimum absolute atomic E-state index is 0.0215. The van der Waals surface area contributed by atoms with Crippen LogP contribution in [-0.4, -0.2) is 35.8 Å². The van der Waals surface area contributed by atoms with E-state index in [1.807, 2.05) is 4.90 Å². The number of carbonyl (C=O) groups is 2. The van der Waals surface area contributed by atoms with E-state index in [9.17, 15) is 9.59 Å². The van der Waals surface area contributed by atoms with Gasteiger partial charge in [0.05, 0.1) is 0 Å². The number of hydrogen-bond acceptors (Lipinski definition) is 2. The Morgan fingerprint density at radius 2 is 1.95 bits per heavy atom. The van der Waals surface area contributed by atoms with Gasteiger partial charge in [-0.3, -0.25) is 9.59 Å². The van der Waals surface area contributed by atoms with Crippen molar-refractivity contribution in [3.8, 4) is 0 Å². The van der Waals surface area contributed by atoms with E-state index in [4.69, 9.17) is 0 Å². The van der Waals surface area contributed by atoms with Crippen LogP contribution in [0.15, 0.2) is 0 Å². The quantitative estimate of drug-likeness (QED) is 0.866. The van der Waals surface area contributed by atoms with Crippen molar-refractivity contribution >= 4 is 11.8 Å². The molecule has 4 heteroatoms. The van der Waals surface area contributed by atoms with Crippen molar-refractivity contribution in [1.82, 2.24) is 10.2 Å². The standard InChI is InChI=1S/C17H30N2O2/c1-12(2)10-15-17(21)19(9-8-16(20)18-15)11-14-7-5-4-6-13(14)3/h12-15H,4-11H2,1-3H3,(H,18,20). The highest BCUT2D eigenvalue weighted by atomic mass is 16.2. The van der Waals surface area contributed by atoms with Gasteiger partial charge in [-0.25, -0.2) is 0 Å². The predicted molar refractivity (Wildman–Crippen MR) is 83.7 cm³/mol. The van der Waals surface area contributed by atoms with Gasteiger partial charge in [0.15, 0.2) is 0 Å². The molecule has 0 aromatic carbocycles. The summed E-state index contributed by atoms with van der Waals surface area (Å²) in [5, 5.41) is 2.91. The molecule has 120 valence electrons. The lowest BCUT2D eigenvalue weighted by Gasteiger charge is -2.34. The molecule has 0 radical (unpaired) electrons. The minimum atomic E-state index is -0.320. The molecule has 1 aliphatic carbocycles. The summed E-state index contributed by atoms with van der Waals surface area (Å²) >= 11 is 0. The molecule has 1 aliphatic heterocycles. The van der Waals surface area contributed by atoms with Crippen molar-refractivity contribution in [2.75, 3.05) is 13.1 Å².